The number of hydrogen-bond donors (Lipinski definition) is 1. The second-order valence-electron chi connectivity index (χ2n) is 8.43. The zero-order valence-electron chi connectivity index (χ0n) is 17.2. The highest BCUT2D eigenvalue weighted by Gasteiger charge is 2.13. The van der Waals surface area contributed by atoms with Crippen LogP contribution in [0.15, 0.2) is 103 Å². The molecule has 0 unspecified atom stereocenters. The Bertz CT molecular complexity index is 1830. The van der Waals surface area contributed by atoms with Gasteiger partial charge in [0, 0.05) is 26.8 Å². The molecule has 6 aromatic carbocycles. The van der Waals surface area contributed by atoms with Crippen LogP contribution in [-0.2, 0) is 0 Å². The quantitative estimate of drug-likeness (QED) is 0.251. The van der Waals surface area contributed by atoms with Crippen LogP contribution in [0.5, 0.6) is 0 Å². The summed E-state index contributed by atoms with van der Waals surface area (Å²) in [6, 6.07) is 36.8. The normalized spacial score (nSPS) is 11.9. The third kappa shape index (κ3) is 2.52. The summed E-state index contributed by atoms with van der Waals surface area (Å²) in [5.41, 5.74) is 4.78. The van der Waals surface area contributed by atoms with E-state index in [2.05, 4.69) is 102 Å². The smallest absolute Gasteiger partial charge is 0.0471 e. The molecule has 7 aromatic rings. The van der Waals surface area contributed by atoms with Gasteiger partial charge in [-0.25, -0.2) is 0 Å². The average molecular weight is 428 g/mol. The Morgan fingerprint density at radius 1 is 0.406 bits per heavy atom. The fourth-order valence-electron chi connectivity index (χ4n) is 5.13. The molecule has 0 atom stereocenters. The SMILES string of the molecule is Clc1ccc2c(c1)c1ccccc1c1cc3c(cc21)[nH]c1ccc(-c2ccccc2)cc13. The first kappa shape index (κ1) is 17.8. The predicted octanol–water partition coefficient (Wildman–Crippen LogP) is 9.10. The first-order valence-electron chi connectivity index (χ1n) is 10.8. The summed E-state index contributed by atoms with van der Waals surface area (Å²) in [5.74, 6) is 0. The van der Waals surface area contributed by atoms with Gasteiger partial charge in [-0.3, -0.25) is 0 Å². The maximum absolute atomic E-state index is 6.38. The number of aromatic amines is 1. The van der Waals surface area contributed by atoms with E-state index in [-0.39, 0.29) is 0 Å². The van der Waals surface area contributed by atoms with E-state index in [1.807, 2.05) is 6.07 Å². The zero-order chi connectivity index (χ0) is 21.2. The number of halogens is 1. The summed E-state index contributed by atoms with van der Waals surface area (Å²) in [4.78, 5) is 3.65. The van der Waals surface area contributed by atoms with E-state index in [1.54, 1.807) is 0 Å². The molecular formula is C30H18ClN. The van der Waals surface area contributed by atoms with Crippen molar-refractivity contribution in [2.75, 3.05) is 0 Å². The summed E-state index contributed by atoms with van der Waals surface area (Å²) < 4.78 is 0. The van der Waals surface area contributed by atoms with Crippen LogP contribution < -0.4 is 0 Å². The second-order valence-corrected chi connectivity index (χ2v) is 8.87. The Morgan fingerprint density at radius 3 is 1.88 bits per heavy atom. The lowest BCUT2D eigenvalue weighted by molar-refractivity contribution is 1.55. The summed E-state index contributed by atoms with van der Waals surface area (Å²) in [5, 5.41) is 10.7. The van der Waals surface area contributed by atoms with Crippen LogP contribution in [0.25, 0.3) is 65.3 Å². The van der Waals surface area contributed by atoms with Gasteiger partial charge in [-0.05, 0) is 79.8 Å². The van der Waals surface area contributed by atoms with E-state index in [0.717, 1.165) is 16.1 Å². The number of nitrogens with one attached hydrogen (secondary N) is 1. The van der Waals surface area contributed by atoms with Crippen LogP contribution in [-0.4, -0.2) is 4.98 Å². The number of hydrogen-bond acceptors (Lipinski definition) is 0. The van der Waals surface area contributed by atoms with Crippen molar-refractivity contribution in [1.82, 2.24) is 4.98 Å². The molecule has 1 nitrogen and oxygen atoms in total. The minimum atomic E-state index is 0.766. The molecule has 0 radical (unpaired) electrons. The van der Waals surface area contributed by atoms with Gasteiger partial charge >= 0.3 is 0 Å². The van der Waals surface area contributed by atoms with Gasteiger partial charge in [-0.2, -0.15) is 0 Å². The molecule has 0 bridgehead atoms. The predicted molar refractivity (Wildman–Crippen MR) is 139 cm³/mol. The van der Waals surface area contributed by atoms with Crippen molar-refractivity contribution in [3.8, 4) is 11.1 Å². The highest BCUT2D eigenvalue weighted by Crippen LogP contribution is 2.40. The Kier molecular flexibility index (Phi) is 3.67. The Balaban J connectivity index is 1.63. The van der Waals surface area contributed by atoms with Gasteiger partial charge in [0.25, 0.3) is 0 Å². The van der Waals surface area contributed by atoms with Crippen molar-refractivity contribution in [3.63, 3.8) is 0 Å². The molecule has 2 heteroatoms. The lowest BCUT2D eigenvalue weighted by atomic mass is 9.93. The standard InChI is InChI=1S/C30H18ClN/c31-20-11-12-23-24(15-20)21-8-4-5-9-22(21)25-16-28-27-14-19(18-6-2-1-3-7-18)10-13-29(27)32-30(28)17-26(23)25/h1-17,32H. The van der Waals surface area contributed by atoms with Gasteiger partial charge in [0.05, 0.1) is 0 Å². The van der Waals surface area contributed by atoms with Gasteiger partial charge in [0.1, 0.15) is 0 Å². The average Bonchev–Trinajstić information content (AvgIpc) is 3.20. The Hall–Kier alpha value is -3.81. The van der Waals surface area contributed by atoms with E-state index < -0.39 is 0 Å². The molecule has 32 heavy (non-hydrogen) atoms. The van der Waals surface area contributed by atoms with E-state index in [4.69, 9.17) is 11.6 Å². The first-order chi connectivity index (χ1) is 15.8. The minimum Gasteiger partial charge on any atom is -0.354 e. The van der Waals surface area contributed by atoms with Crippen molar-refractivity contribution in [2.45, 2.75) is 0 Å². The van der Waals surface area contributed by atoms with E-state index in [9.17, 15) is 0 Å². The molecule has 0 aliphatic heterocycles. The maximum Gasteiger partial charge on any atom is 0.0471 e. The molecule has 0 spiro atoms. The Morgan fingerprint density at radius 2 is 1.06 bits per heavy atom. The summed E-state index contributed by atoms with van der Waals surface area (Å²) in [6.45, 7) is 0. The van der Waals surface area contributed by atoms with E-state index in [0.29, 0.717) is 0 Å². The molecule has 0 amide bonds. The molecule has 0 saturated heterocycles. The number of H-pyrrole nitrogens is 1. The number of rotatable bonds is 1. The summed E-state index contributed by atoms with van der Waals surface area (Å²) in [6.07, 6.45) is 0. The summed E-state index contributed by atoms with van der Waals surface area (Å²) >= 11 is 6.38. The third-order valence-electron chi connectivity index (χ3n) is 6.62. The molecular weight excluding hydrogens is 410 g/mol. The van der Waals surface area contributed by atoms with Crippen molar-refractivity contribution >= 4 is 65.7 Å². The second kappa shape index (κ2) is 6.59. The fourth-order valence-corrected chi connectivity index (χ4v) is 5.30. The van der Waals surface area contributed by atoms with Crippen LogP contribution in [0.2, 0.25) is 5.02 Å². The molecule has 0 saturated carbocycles. The minimum absolute atomic E-state index is 0.766. The molecule has 7 rings (SSSR count). The summed E-state index contributed by atoms with van der Waals surface area (Å²) in [7, 11) is 0. The van der Waals surface area contributed by atoms with Crippen molar-refractivity contribution in [2.24, 2.45) is 0 Å². The van der Waals surface area contributed by atoms with Crippen molar-refractivity contribution in [3.05, 3.63) is 108 Å². The van der Waals surface area contributed by atoms with Crippen LogP contribution in [0.3, 0.4) is 0 Å². The lowest BCUT2D eigenvalue weighted by Gasteiger charge is -2.11. The molecule has 0 aliphatic carbocycles. The highest BCUT2D eigenvalue weighted by atomic mass is 35.5. The molecule has 1 aromatic heterocycles. The maximum atomic E-state index is 6.38. The number of fused-ring (bicyclic) bond motifs is 9. The van der Waals surface area contributed by atoms with Crippen molar-refractivity contribution < 1.29 is 0 Å². The van der Waals surface area contributed by atoms with Gasteiger partial charge in [0.15, 0.2) is 0 Å². The number of aromatic nitrogens is 1. The monoisotopic (exact) mass is 427 g/mol. The van der Waals surface area contributed by atoms with Crippen LogP contribution in [0.4, 0.5) is 0 Å². The lowest BCUT2D eigenvalue weighted by Crippen LogP contribution is -1.84. The van der Waals surface area contributed by atoms with Gasteiger partial charge in [0.2, 0.25) is 0 Å². The third-order valence-corrected chi connectivity index (χ3v) is 6.86. The van der Waals surface area contributed by atoms with Gasteiger partial charge in [-0.1, -0.05) is 78.3 Å². The number of benzene rings is 6. The van der Waals surface area contributed by atoms with E-state index in [1.165, 1.54) is 54.2 Å². The molecule has 1 N–H and O–H groups in total. The first-order valence-corrected chi connectivity index (χ1v) is 11.2. The van der Waals surface area contributed by atoms with Crippen LogP contribution >= 0.6 is 11.6 Å². The molecule has 0 aliphatic rings. The zero-order valence-corrected chi connectivity index (χ0v) is 17.9. The largest absolute Gasteiger partial charge is 0.354 e. The van der Waals surface area contributed by atoms with Gasteiger partial charge < -0.3 is 4.98 Å². The highest BCUT2D eigenvalue weighted by molar-refractivity contribution is 6.34. The topological polar surface area (TPSA) is 15.8 Å². The van der Waals surface area contributed by atoms with Crippen molar-refractivity contribution in [1.29, 1.82) is 0 Å². The molecule has 0 fully saturated rings. The molecule has 1 heterocycles. The van der Waals surface area contributed by atoms with Crippen LogP contribution in [0, 0.1) is 0 Å². The van der Waals surface area contributed by atoms with Gasteiger partial charge in [-0.15, -0.1) is 0 Å². The fraction of sp³-hybridized carbons (Fsp3) is 0. The van der Waals surface area contributed by atoms with Crippen LogP contribution in [0.1, 0.15) is 0 Å². The van der Waals surface area contributed by atoms with E-state index >= 15 is 0 Å². The Labute approximate surface area is 189 Å². The molecule has 150 valence electrons.